The van der Waals surface area contributed by atoms with Crippen LogP contribution in [0.3, 0.4) is 0 Å². The summed E-state index contributed by atoms with van der Waals surface area (Å²) in [6, 6.07) is 10.3. The van der Waals surface area contributed by atoms with Gasteiger partial charge < -0.3 is 20.4 Å². The van der Waals surface area contributed by atoms with E-state index in [2.05, 4.69) is 87.4 Å². The molecule has 2 fully saturated rings. The van der Waals surface area contributed by atoms with Crippen molar-refractivity contribution in [2.24, 2.45) is 0 Å². The van der Waals surface area contributed by atoms with Gasteiger partial charge in [0.1, 0.15) is 16.5 Å². The molecule has 8 rings (SSSR count). The monoisotopic (exact) mass is 1030 g/mol. The van der Waals surface area contributed by atoms with Crippen LogP contribution in [0.25, 0.3) is 21.4 Å². The number of H-pyrrole nitrogens is 1. The molecular formula is C45H56N14O5S4Si. The van der Waals surface area contributed by atoms with Gasteiger partial charge in [0.25, 0.3) is 0 Å². The molecule has 0 bridgehead atoms. The van der Waals surface area contributed by atoms with Crippen molar-refractivity contribution in [3.05, 3.63) is 71.3 Å². The zero-order valence-electron chi connectivity index (χ0n) is 39.7. The van der Waals surface area contributed by atoms with E-state index >= 15 is 0 Å². The molecule has 6 heterocycles. The summed E-state index contributed by atoms with van der Waals surface area (Å²) >= 11 is 2.21. The normalized spacial score (nSPS) is 13.9. The number of rotatable bonds is 18. The first-order chi connectivity index (χ1) is 32.7. The molecule has 0 unspecified atom stereocenters. The number of thiophene rings is 2. The average Bonchev–Trinajstić information content (AvgIpc) is 4.04. The number of aromatic nitrogens is 8. The fourth-order valence-electron chi connectivity index (χ4n) is 6.39. The Bertz CT molecular complexity index is 3150. The number of likely N-dealkylation sites (N-methyl/N-ethyl adjacent to an activating group) is 2. The van der Waals surface area contributed by atoms with E-state index in [4.69, 9.17) is 11.4 Å². The van der Waals surface area contributed by atoms with Gasteiger partial charge in [0.2, 0.25) is 26.0 Å². The number of terminal acetylenes is 1. The molecule has 2 saturated carbocycles. The van der Waals surface area contributed by atoms with E-state index in [0.29, 0.717) is 93.8 Å². The maximum atomic E-state index is 12.7. The van der Waals surface area contributed by atoms with E-state index in [1.165, 1.54) is 24.4 Å². The zero-order chi connectivity index (χ0) is 49.7. The quantitative estimate of drug-likeness (QED) is 0.0482. The van der Waals surface area contributed by atoms with E-state index < -0.39 is 28.1 Å². The Morgan fingerprint density at radius 1 is 0.797 bits per heavy atom. The third-order valence-electron chi connectivity index (χ3n) is 10.3. The average molecular weight is 1030 g/mol. The highest BCUT2D eigenvalue weighted by molar-refractivity contribution is 7.92. The number of carbonyl (C=O) groups is 1. The minimum absolute atomic E-state index is 0.145. The fraction of sp³-hybridized carbons (Fsp3) is 0.400. The Labute approximate surface area is 412 Å². The van der Waals surface area contributed by atoms with Crippen LogP contribution in [0, 0.1) is 23.8 Å². The second-order valence-electron chi connectivity index (χ2n) is 18.1. The number of nitrogens with zero attached hydrogens (tertiary/aromatic N) is 9. The molecule has 0 aliphatic heterocycles. The molecule has 0 atom stereocenters. The van der Waals surface area contributed by atoms with E-state index in [-0.39, 0.29) is 14.3 Å². The molecule has 6 aromatic rings. The number of hydrogen-bond acceptors (Lipinski definition) is 17. The second-order valence-corrected chi connectivity index (χ2v) is 29.0. The van der Waals surface area contributed by atoms with Crippen LogP contribution in [-0.2, 0) is 20.0 Å². The van der Waals surface area contributed by atoms with E-state index in [1.54, 1.807) is 36.7 Å². The molecule has 0 saturated heterocycles. The van der Waals surface area contributed by atoms with E-state index in [0.717, 1.165) is 46.9 Å². The summed E-state index contributed by atoms with van der Waals surface area (Å²) in [6.45, 7) is 9.80. The Morgan fingerprint density at radius 2 is 1.32 bits per heavy atom. The highest BCUT2D eigenvalue weighted by atomic mass is 32.3. The van der Waals surface area contributed by atoms with E-state index in [9.17, 15) is 21.6 Å². The lowest BCUT2D eigenvalue weighted by Gasteiger charge is -2.10. The van der Waals surface area contributed by atoms with Crippen molar-refractivity contribution >= 4 is 80.0 Å². The summed E-state index contributed by atoms with van der Waals surface area (Å²) in [5.74, 6) is 9.32. The fourth-order valence-corrected chi connectivity index (χ4v) is 11.5. The summed E-state index contributed by atoms with van der Waals surface area (Å²) in [7, 11) is -1.37. The van der Waals surface area contributed by atoms with Crippen molar-refractivity contribution in [3.8, 4) is 45.2 Å². The summed E-state index contributed by atoms with van der Waals surface area (Å²) in [5, 5.41) is 18.2. The van der Waals surface area contributed by atoms with Gasteiger partial charge >= 0.3 is 0 Å². The minimum atomic E-state index is -3.64. The molecule has 364 valence electrons. The van der Waals surface area contributed by atoms with Gasteiger partial charge in [0.05, 0.1) is 26.6 Å². The largest absolute Gasteiger partial charge is 0.322 e. The first-order valence-corrected chi connectivity index (χ1v) is 30.2. The SMILES string of the molecule is C#Cc1cnc(-c2ccc(S(=O)(=O)NCCN(C)C)s2)nc1Nc1cc(C2CC2)[nH]n1.CC(=O)n1nc(Nc2nc(-c3ccc(S(=O)(=O)NCCN(C)C)s3)ncc2C#C[Si](C)(C)C)cc1C1CC1. The van der Waals surface area contributed by atoms with Crippen LogP contribution >= 0.6 is 22.7 Å². The topological polar surface area (TPSA) is 238 Å². The highest BCUT2D eigenvalue weighted by Crippen LogP contribution is 2.42. The van der Waals surface area contributed by atoms with Gasteiger partial charge in [-0.05, 0) is 78.1 Å². The Hall–Kier alpha value is -5.67. The van der Waals surface area contributed by atoms with Crippen LogP contribution < -0.4 is 20.1 Å². The van der Waals surface area contributed by atoms with Gasteiger partial charge in [-0.3, -0.25) is 9.89 Å². The van der Waals surface area contributed by atoms with E-state index in [1.807, 2.05) is 50.1 Å². The smallest absolute Gasteiger partial charge is 0.250 e. The number of aromatic amines is 1. The standard InChI is InChI=1S/C25H33N7O3S2Si.C20H23N7O2S2/c1-17(33)32-20(18-7-8-18)15-22(30-32)28-24-19(11-14-38(4,5)6)16-26-25(29-24)21-9-10-23(36-21)37(34,35)27-12-13-31(2)3;1-4-13-12-21-20(24-19(13)23-17-11-15(25-26-17)14-5-6-14)16-7-8-18(30-16)31(28,29)22-9-10-27(2)3/h9-10,15-16,18,27H,7-8,12-13H2,1-6H3,(H,26,28,29,30);1,7-8,11-12,14,22H,5-6,9-10H2,2-3H3,(H2,21,23,24,25,26). The van der Waals surface area contributed by atoms with Gasteiger partial charge in [-0.1, -0.05) is 31.5 Å². The van der Waals surface area contributed by atoms with Crippen molar-refractivity contribution in [2.75, 3.05) is 65.0 Å². The molecule has 2 aliphatic rings. The van der Waals surface area contributed by atoms with Crippen LogP contribution in [0.15, 0.2) is 57.2 Å². The van der Waals surface area contributed by atoms with Gasteiger partial charge in [-0.25, -0.2) is 50.9 Å². The van der Waals surface area contributed by atoms with Crippen LogP contribution in [0.4, 0.5) is 23.3 Å². The summed E-state index contributed by atoms with van der Waals surface area (Å²) in [4.78, 5) is 35.2. The number of sulfonamides is 2. The molecule has 0 radical (unpaired) electrons. The molecule has 69 heavy (non-hydrogen) atoms. The summed E-state index contributed by atoms with van der Waals surface area (Å²) in [6.07, 6.45) is 13.2. The highest BCUT2D eigenvalue weighted by Gasteiger charge is 2.30. The van der Waals surface area contributed by atoms with Gasteiger partial charge in [-0.15, -0.1) is 39.7 Å². The third kappa shape index (κ3) is 14.0. The van der Waals surface area contributed by atoms with Crippen LogP contribution in [-0.4, -0.2) is 135 Å². The molecule has 0 amide bonds. The third-order valence-corrected chi connectivity index (χ3v) is 17.2. The molecule has 5 N–H and O–H groups in total. The van der Waals surface area contributed by atoms with Crippen molar-refractivity contribution in [3.63, 3.8) is 0 Å². The van der Waals surface area contributed by atoms with Gasteiger partial charge in [0, 0.05) is 75.2 Å². The molecular weight excluding hydrogens is 973 g/mol. The molecule has 0 aromatic carbocycles. The Morgan fingerprint density at radius 3 is 1.81 bits per heavy atom. The molecule has 19 nitrogen and oxygen atoms in total. The van der Waals surface area contributed by atoms with Crippen molar-refractivity contribution in [2.45, 2.75) is 72.5 Å². The first kappa shape index (κ1) is 51.2. The second kappa shape index (κ2) is 21.5. The number of anilines is 4. The minimum Gasteiger partial charge on any atom is -0.322 e. The number of hydrogen-bond donors (Lipinski definition) is 5. The predicted octanol–water partition coefficient (Wildman–Crippen LogP) is 6.12. The number of carbonyl (C=O) groups excluding carboxylic acids is 1. The van der Waals surface area contributed by atoms with Gasteiger partial charge in [-0.2, -0.15) is 5.10 Å². The van der Waals surface area contributed by atoms with Crippen molar-refractivity contribution in [1.29, 1.82) is 0 Å². The summed E-state index contributed by atoms with van der Waals surface area (Å²) < 4.78 is 57.6. The van der Waals surface area contributed by atoms with Gasteiger partial charge in [0.15, 0.2) is 34.9 Å². The molecule has 0 spiro atoms. The van der Waals surface area contributed by atoms with Crippen LogP contribution in [0.1, 0.15) is 71.8 Å². The summed E-state index contributed by atoms with van der Waals surface area (Å²) in [5.41, 5.74) is 6.42. The Kier molecular flexibility index (Phi) is 16.0. The van der Waals surface area contributed by atoms with Crippen LogP contribution in [0.5, 0.6) is 0 Å². The number of nitrogens with one attached hydrogen (secondary N) is 5. The molecule has 24 heteroatoms. The zero-order valence-corrected chi connectivity index (χ0v) is 44.0. The lowest BCUT2D eigenvalue weighted by Crippen LogP contribution is -2.30. The maximum absolute atomic E-state index is 12.7. The molecule has 6 aromatic heterocycles. The first-order valence-electron chi connectivity index (χ1n) is 22.1. The van der Waals surface area contributed by atoms with Crippen molar-refractivity contribution in [1.82, 2.24) is 59.2 Å². The molecule has 2 aliphatic carbocycles. The lowest BCUT2D eigenvalue weighted by molar-refractivity contribution is 0.0917. The predicted molar refractivity (Wildman–Crippen MR) is 274 cm³/mol. The van der Waals surface area contributed by atoms with Crippen molar-refractivity contribution < 1.29 is 21.6 Å². The Balaban J connectivity index is 0.000000208. The van der Waals surface area contributed by atoms with Crippen LogP contribution in [0.2, 0.25) is 19.6 Å². The maximum Gasteiger partial charge on any atom is 0.250 e. The lowest BCUT2D eigenvalue weighted by atomic mass is 10.3.